The van der Waals surface area contributed by atoms with E-state index in [-0.39, 0.29) is 24.4 Å². The molecule has 1 aliphatic rings. The molecule has 0 bridgehead atoms. The Balaban J connectivity index is 2.50. The lowest BCUT2D eigenvalue weighted by molar-refractivity contribution is 0.0790. The molecule has 2 atom stereocenters. The van der Waals surface area contributed by atoms with Crippen LogP contribution in [0.15, 0.2) is 0 Å². The van der Waals surface area contributed by atoms with Gasteiger partial charge >= 0.3 is 0 Å². The highest BCUT2D eigenvalue weighted by Gasteiger charge is 2.27. The van der Waals surface area contributed by atoms with Crippen molar-refractivity contribution in [2.45, 2.75) is 58.0 Å². The fourth-order valence-electron chi connectivity index (χ4n) is 2.21. The number of hydrogen-bond donors (Lipinski definition) is 2. The number of hydrogen-bond acceptors (Lipinski definition) is 4. The average molecular weight is 264 g/mol. The number of nitrogens with zero attached hydrogens (tertiary/aromatic N) is 1. The van der Waals surface area contributed by atoms with Crippen LogP contribution in [0.4, 0.5) is 0 Å². The second-order valence-electron chi connectivity index (χ2n) is 4.88. The standard InChI is InChI=1S/C11H24N2O3S/c1-10-6-5-7-11(2)13(10)12-17(15,16)9-4-3-8-14/h10-12,14H,3-9H2,1-2H3. The summed E-state index contributed by atoms with van der Waals surface area (Å²) in [6.07, 6.45) is 4.26. The SMILES string of the molecule is CC1CCCC(C)N1NS(=O)(=O)CCCCO. The summed E-state index contributed by atoms with van der Waals surface area (Å²) in [7, 11) is -3.25. The maximum Gasteiger partial charge on any atom is 0.224 e. The van der Waals surface area contributed by atoms with Crippen LogP contribution in [-0.4, -0.2) is 43.0 Å². The Morgan fingerprint density at radius 3 is 2.35 bits per heavy atom. The lowest BCUT2D eigenvalue weighted by Crippen LogP contribution is -2.54. The number of piperidine rings is 1. The van der Waals surface area contributed by atoms with Crippen molar-refractivity contribution >= 4 is 10.0 Å². The van der Waals surface area contributed by atoms with E-state index in [0.29, 0.717) is 12.8 Å². The third kappa shape index (κ3) is 4.91. The van der Waals surface area contributed by atoms with Crippen molar-refractivity contribution in [3.8, 4) is 0 Å². The first-order valence-corrected chi connectivity index (χ1v) is 8.01. The highest BCUT2D eigenvalue weighted by molar-refractivity contribution is 7.89. The van der Waals surface area contributed by atoms with Crippen LogP contribution in [-0.2, 0) is 10.0 Å². The predicted molar refractivity (Wildman–Crippen MR) is 67.9 cm³/mol. The van der Waals surface area contributed by atoms with Gasteiger partial charge in [-0.05, 0) is 39.5 Å². The normalized spacial score (nSPS) is 27.2. The van der Waals surface area contributed by atoms with Crippen molar-refractivity contribution in [3.05, 3.63) is 0 Å². The summed E-state index contributed by atoms with van der Waals surface area (Å²) in [4.78, 5) is 2.68. The molecule has 0 spiro atoms. The van der Waals surface area contributed by atoms with E-state index < -0.39 is 10.0 Å². The van der Waals surface area contributed by atoms with Crippen molar-refractivity contribution in [1.82, 2.24) is 9.84 Å². The lowest BCUT2D eigenvalue weighted by Gasteiger charge is -2.38. The molecule has 0 aromatic heterocycles. The summed E-state index contributed by atoms with van der Waals surface area (Å²) < 4.78 is 23.7. The summed E-state index contributed by atoms with van der Waals surface area (Å²) >= 11 is 0. The van der Waals surface area contributed by atoms with Crippen molar-refractivity contribution < 1.29 is 13.5 Å². The summed E-state index contributed by atoms with van der Waals surface area (Å²) in [5.74, 6) is 0.0868. The Labute approximate surface area is 104 Å². The minimum absolute atomic E-state index is 0.0477. The molecule has 1 rings (SSSR count). The van der Waals surface area contributed by atoms with Gasteiger partial charge in [0.2, 0.25) is 10.0 Å². The summed E-state index contributed by atoms with van der Waals surface area (Å²) in [5.41, 5.74) is 0. The Kier molecular flexibility index (Phi) is 5.85. The van der Waals surface area contributed by atoms with Crippen molar-refractivity contribution in [2.24, 2.45) is 0 Å². The Morgan fingerprint density at radius 1 is 1.24 bits per heavy atom. The van der Waals surface area contributed by atoms with Crippen LogP contribution in [0.2, 0.25) is 0 Å². The van der Waals surface area contributed by atoms with E-state index >= 15 is 0 Å². The number of nitrogens with one attached hydrogen (secondary N) is 1. The molecule has 5 nitrogen and oxygen atoms in total. The molecule has 0 radical (unpaired) electrons. The van der Waals surface area contributed by atoms with Gasteiger partial charge in [0.25, 0.3) is 0 Å². The van der Waals surface area contributed by atoms with Crippen LogP contribution >= 0.6 is 0 Å². The second-order valence-corrected chi connectivity index (χ2v) is 6.70. The van der Waals surface area contributed by atoms with Gasteiger partial charge in [-0.1, -0.05) is 6.42 Å². The van der Waals surface area contributed by atoms with Gasteiger partial charge in [0.05, 0.1) is 5.75 Å². The molecular formula is C11H24N2O3S. The van der Waals surface area contributed by atoms with E-state index in [2.05, 4.69) is 4.83 Å². The summed E-state index contributed by atoms with van der Waals surface area (Å²) in [5, 5.41) is 10.5. The molecule has 17 heavy (non-hydrogen) atoms. The fourth-order valence-corrected chi connectivity index (χ4v) is 3.57. The van der Waals surface area contributed by atoms with Gasteiger partial charge in [-0.2, -0.15) is 0 Å². The minimum atomic E-state index is -3.25. The first-order valence-electron chi connectivity index (χ1n) is 6.35. The van der Waals surface area contributed by atoms with Gasteiger partial charge in [-0.3, -0.25) is 0 Å². The Bertz CT molecular complexity index is 309. The van der Waals surface area contributed by atoms with Gasteiger partial charge in [-0.15, -0.1) is 4.83 Å². The first kappa shape index (κ1) is 14.9. The van der Waals surface area contributed by atoms with Gasteiger partial charge in [0.1, 0.15) is 0 Å². The van der Waals surface area contributed by atoms with Crippen LogP contribution < -0.4 is 4.83 Å². The zero-order chi connectivity index (χ0) is 12.9. The maximum absolute atomic E-state index is 11.8. The van der Waals surface area contributed by atoms with E-state index in [1.165, 1.54) is 0 Å². The van der Waals surface area contributed by atoms with Gasteiger partial charge in [0.15, 0.2) is 0 Å². The number of aliphatic hydroxyl groups excluding tert-OH is 1. The zero-order valence-corrected chi connectivity index (χ0v) is 11.5. The second kappa shape index (κ2) is 6.68. The molecule has 0 aromatic rings. The van der Waals surface area contributed by atoms with Crippen LogP contribution in [0, 0.1) is 0 Å². The molecule has 0 aromatic carbocycles. The summed E-state index contributed by atoms with van der Waals surface area (Å²) in [6, 6.07) is 0.512. The topological polar surface area (TPSA) is 69.6 Å². The quantitative estimate of drug-likeness (QED) is 0.698. The third-order valence-electron chi connectivity index (χ3n) is 3.26. The molecule has 2 N–H and O–H groups in total. The van der Waals surface area contributed by atoms with Crippen LogP contribution in [0.1, 0.15) is 46.0 Å². The smallest absolute Gasteiger partial charge is 0.224 e. The van der Waals surface area contributed by atoms with E-state index in [1.807, 2.05) is 18.9 Å². The monoisotopic (exact) mass is 264 g/mol. The fraction of sp³-hybridized carbons (Fsp3) is 1.00. The van der Waals surface area contributed by atoms with Gasteiger partial charge < -0.3 is 5.11 Å². The van der Waals surface area contributed by atoms with Crippen molar-refractivity contribution in [2.75, 3.05) is 12.4 Å². The van der Waals surface area contributed by atoms with Gasteiger partial charge in [-0.25, -0.2) is 13.4 Å². The molecule has 0 saturated carbocycles. The number of sulfonamides is 1. The maximum atomic E-state index is 11.8. The Hall–Kier alpha value is -0.170. The zero-order valence-electron chi connectivity index (χ0n) is 10.7. The lowest BCUT2D eigenvalue weighted by atomic mass is 10.0. The van der Waals surface area contributed by atoms with Gasteiger partial charge in [0, 0.05) is 18.7 Å². The highest BCUT2D eigenvalue weighted by atomic mass is 32.2. The van der Waals surface area contributed by atoms with Crippen LogP contribution in [0.5, 0.6) is 0 Å². The van der Waals surface area contributed by atoms with Crippen LogP contribution in [0.25, 0.3) is 0 Å². The number of hydrazine groups is 1. The summed E-state index contributed by atoms with van der Waals surface area (Å²) in [6.45, 7) is 4.14. The minimum Gasteiger partial charge on any atom is -0.396 e. The molecule has 6 heteroatoms. The van der Waals surface area contributed by atoms with Crippen LogP contribution in [0.3, 0.4) is 0 Å². The Morgan fingerprint density at radius 2 is 1.82 bits per heavy atom. The molecule has 1 aliphatic heterocycles. The number of aliphatic hydroxyl groups is 1. The van der Waals surface area contributed by atoms with Crippen molar-refractivity contribution in [1.29, 1.82) is 0 Å². The first-order chi connectivity index (χ1) is 7.96. The third-order valence-corrected chi connectivity index (χ3v) is 4.57. The van der Waals surface area contributed by atoms with E-state index in [4.69, 9.17) is 5.11 Å². The number of unbranched alkanes of at least 4 members (excludes halogenated alkanes) is 1. The highest BCUT2D eigenvalue weighted by Crippen LogP contribution is 2.20. The van der Waals surface area contributed by atoms with Crippen molar-refractivity contribution in [3.63, 3.8) is 0 Å². The molecular weight excluding hydrogens is 240 g/mol. The molecule has 1 fully saturated rings. The molecule has 102 valence electrons. The van der Waals surface area contributed by atoms with E-state index in [0.717, 1.165) is 19.3 Å². The molecule has 1 heterocycles. The molecule has 2 unspecified atom stereocenters. The van der Waals surface area contributed by atoms with E-state index in [9.17, 15) is 8.42 Å². The average Bonchev–Trinajstić information content (AvgIpc) is 2.24. The van der Waals surface area contributed by atoms with E-state index in [1.54, 1.807) is 0 Å². The molecule has 0 amide bonds. The number of rotatable bonds is 6. The molecule has 0 aliphatic carbocycles. The largest absolute Gasteiger partial charge is 0.396 e. The predicted octanol–water partition coefficient (Wildman–Crippen LogP) is 0.856. The molecule has 1 saturated heterocycles.